The van der Waals surface area contributed by atoms with E-state index in [1.54, 1.807) is 0 Å². The van der Waals surface area contributed by atoms with E-state index in [2.05, 4.69) is 314 Å². The molecule has 2 spiro atoms. The van der Waals surface area contributed by atoms with Crippen molar-refractivity contribution in [1.29, 1.82) is 0 Å². The Kier molecular flexibility index (Phi) is 10.1. The van der Waals surface area contributed by atoms with Crippen molar-refractivity contribution in [3.63, 3.8) is 0 Å². The largest absolute Gasteiger partial charge is 0.457 e. The van der Waals surface area contributed by atoms with Crippen molar-refractivity contribution >= 4 is 28.8 Å². The highest BCUT2D eigenvalue weighted by molar-refractivity contribution is 7.99. The third-order valence-corrected chi connectivity index (χ3v) is 20.2. The molecule has 0 bridgehead atoms. The number of anilines is 3. The van der Waals surface area contributed by atoms with Crippen LogP contribution in [0.3, 0.4) is 0 Å². The Balaban J connectivity index is 0.926. The maximum absolute atomic E-state index is 6.86. The van der Waals surface area contributed by atoms with Gasteiger partial charge in [-0.05, 0) is 149 Å². The molecule has 2 aliphatic heterocycles. The fourth-order valence-corrected chi connectivity index (χ4v) is 17.2. The number of rotatable bonds is 6. The van der Waals surface area contributed by atoms with Gasteiger partial charge in [-0.2, -0.15) is 0 Å². The van der Waals surface area contributed by atoms with Crippen LogP contribution in [-0.2, 0) is 16.2 Å². The van der Waals surface area contributed by atoms with E-state index in [1.807, 2.05) is 11.8 Å². The van der Waals surface area contributed by atoms with Crippen molar-refractivity contribution in [3.05, 3.63) is 376 Å². The summed E-state index contributed by atoms with van der Waals surface area (Å²) in [6.45, 7) is 0. The highest BCUT2D eigenvalue weighted by Crippen LogP contribution is 2.66. The topological polar surface area (TPSA) is 12.5 Å². The van der Waals surface area contributed by atoms with Crippen LogP contribution in [0.4, 0.5) is 17.1 Å². The molecule has 0 unspecified atom stereocenters. The summed E-state index contributed by atoms with van der Waals surface area (Å²) in [7, 11) is 0. The summed E-state index contributed by atoms with van der Waals surface area (Å²) >= 11 is 1.89. The number of hydrogen-bond donors (Lipinski definition) is 0. The first-order valence-electron chi connectivity index (χ1n) is 29.1. The van der Waals surface area contributed by atoms with Gasteiger partial charge in [0.25, 0.3) is 0 Å². The van der Waals surface area contributed by atoms with Gasteiger partial charge >= 0.3 is 0 Å². The van der Waals surface area contributed by atoms with E-state index in [4.69, 9.17) is 4.74 Å². The molecule has 0 radical (unpaired) electrons. The van der Waals surface area contributed by atoms with E-state index in [-0.39, 0.29) is 0 Å². The molecule has 5 aliphatic rings. The number of ether oxygens (including phenoxy) is 1. The lowest BCUT2D eigenvalue weighted by Crippen LogP contribution is -2.32. The molecule has 0 saturated carbocycles. The van der Waals surface area contributed by atoms with Crippen molar-refractivity contribution in [2.75, 3.05) is 4.90 Å². The summed E-state index contributed by atoms with van der Waals surface area (Å²) < 4.78 is 6.86. The zero-order valence-corrected chi connectivity index (χ0v) is 46.5. The Morgan fingerprint density at radius 2 is 0.667 bits per heavy atom. The number of para-hydroxylation sites is 3. The lowest BCUT2D eigenvalue weighted by molar-refractivity contribution is 0.436. The second-order valence-electron chi connectivity index (χ2n) is 22.8. The Morgan fingerprint density at radius 1 is 0.250 bits per heavy atom. The van der Waals surface area contributed by atoms with Crippen LogP contribution in [0.1, 0.15) is 66.8 Å². The first-order chi connectivity index (χ1) is 41.7. The Hall–Kier alpha value is -10.2. The fraction of sp³-hybridized carbons (Fsp3) is 0.0370. The van der Waals surface area contributed by atoms with E-state index in [1.165, 1.54) is 104 Å². The van der Waals surface area contributed by atoms with Crippen LogP contribution >= 0.6 is 11.8 Å². The summed E-state index contributed by atoms with van der Waals surface area (Å²) in [6, 6.07) is 116. The monoisotopic (exact) mass is 1090 g/mol. The maximum atomic E-state index is 6.86. The van der Waals surface area contributed by atoms with Gasteiger partial charge < -0.3 is 9.64 Å². The van der Waals surface area contributed by atoms with Crippen molar-refractivity contribution in [2.45, 2.75) is 26.0 Å². The molecule has 2 nitrogen and oxygen atoms in total. The van der Waals surface area contributed by atoms with Gasteiger partial charge in [0.1, 0.15) is 11.5 Å². The van der Waals surface area contributed by atoms with Crippen LogP contribution in [0.5, 0.6) is 11.5 Å². The third kappa shape index (κ3) is 6.16. The van der Waals surface area contributed by atoms with Gasteiger partial charge in [-0.15, -0.1) is 0 Å². The standard InChI is InChI=1S/C81H51NOS/c1-3-24-52(25-4-1)79(53-26-5-2-6-27-53)65-35-13-9-31-61(65)78-60(32-23-40-71(78)79)59-30-10-18-41-73(59)82(54-47-49-66-62(50-54)57-29-8-12-34-64(57)80(66)69-38-16-21-44-76(69)84-77-45-22-17-39-70(77)80)55-46-48-58-56-28-7-11-33-63(56)81(72(58)51-55)67-36-14-19-42-74(67)83-75-43-20-15-37-68(75)81/h1-51H. The van der Waals surface area contributed by atoms with Crippen LogP contribution in [0.2, 0.25) is 0 Å². The van der Waals surface area contributed by atoms with E-state index in [9.17, 15) is 0 Å². The number of nitrogens with zero attached hydrogens (tertiary/aromatic N) is 1. The molecule has 0 N–H and O–H groups in total. The number of hydrogen-bond acceptors (Lipinski definition) is 3. The normalized spacial score (nSPS) is 14.8. The molecule has 0 fully saturated rings. The molecule has 3 aliphatic carbocycles. The molecule has 0 amide bonds. The predicted octanol–water partition coefficient (Wildman–Crippen LogP) is 20.5. The first-order valence-corrected chi connectivity index (χ1v) is 30.0. The van der Waals surface area contributed by atoms with Crippen molar-refractivity contribution in [2.24, 2.45) is 0 Å². The Morgan fingerprint density at radius 3 is 1.30 bits per heavy atom. The molecule has 13 aromatic carbocycles. The number of fused-ring (bicyclic) bond motifs is 21. The first kappa shape index (κ1) is 47.4. The molecule has 0 atom stereocenters. The van der Waals surface area contributed by atoms with E-state index < -0.39 is 16.2 Å². The Labute approximate surface area is 493 Å². The average Bonchev–Trinajstić information content (AvgIpc) is 1.73. The van der Waals surface area contributed by atoms with Gasteiger partial charge in [0, 0.05) is 37.9 Å². The van der Waals surface area contributed by atoms with Gasteiger partial charge in [-0.1, -0.05) is 267 Å². The van der Waals surface area contributed by atoms with Gasteiger partial charge in [0.15, 0.2) is 0 Å². The lowest BCUT2D eigenvalue weighted by atomic mass is 9.66. The maximum Gasteiger partial charge on any atom is 0.132 e. The molecule has 392 valence electrons. The van der Waals surface area contributed by atoms with E-state index in [0.29, 0.717) is 0 Å². The minimum atomic E-state index is -0.663. The third-order valence-electron chi connectivity index (χ3n) is 19.1. The van der Waals surface area contributed by atoms with E-state index >= 15 is 0 Å². The summed E-state index contributed by atoms with van der Waals surface area (Å²) in [5.74, 6) is 1.75. The molecule has 13 aromatic rings. The van der Waals surface area contributed by atoms with Crippen molar-refractivity contribution < 1.29 is 4.74 Å². The molecular formula is C81H51NOS. The van der Waals surface area contributed by atoms with Crippen molar-refractivity contribution in [1.82, 2.24) is 0 Å². The quantitative estimate of drug-likeness (QED) is 0.165. The van der Waals surface area contributed by atoms with Gasteiger partial charge in [-0.25, -0.2) is 0 Å². The second kappa shape index (κ2) is 17.9. The van der Waals surface area contributed by atoms with Crippen molar-refractivity contribution in [3.8, 4) is 56.0 Å². The SMILES string of the molecule is c1ccc(C2(c3ccccc3)c3ccccc3-c3c(-c4ccccc4N(c4ccc5c(c4)-c4ccccc4C54c5ccccc5Sc5ccccc54)c4ccc5c(c4)C4(c6ccccc6Oc6ccccc64)c4ccccc4-5)cccc32)cc1. The Bertz CT molecular complexity index is 4750. The lowest BCUT2D eigenvalue weighted by Gasteiger charge is -2.40. The zero-order chi connectivity index (χ0) is 55.1. The fourth-order valence-electron chi connectivity index (χ4n) is 16.0. The van der Waals surface area contributed by atoms with Gasteiger partial charge in [-0.3, -0.25) is 0 Å². The summed E-state index contributed by atoms with van der Waals surface area (Å²) in [5.41, 5.74) is 26.4. The molecule has 18 rings (SSSR count). The summed E-state index contributed by atoms with van der Waals surface area (Å²) in [6.07, 6.45) is 0. The highest BCUT2D eigenvalue weighted by atomic mass is 32.2. The van der Waals surface area contributed by atoms with E-state index in [0.717, 1.165) is 45.3 Å². The van der Waals surface area contributed by atoms with Crippen LogP contribution in [0.25, 0.3) is 44.5 Å². The molecule has 3 heteroatoms. The second-order valence-corrected chi connectivity index (χ2v) is 23.9. The predicted molar refractivity (Wildman–Crippen MR) is 343 cm³/mol. The molecule has 2 heterocycles. The molecule has 0 saturated heterocycles. The van der Waals surface area contributed by atoms with Crippen LogP contribution in [0, 0.1) is 0 Å². The highest BCUT2D eigenvalue weighted by Gasteiger charge is 2.53. The molecule has 0 aromatic heterocycles. The van der Waals surface area contributed by atoms with Crippen LogP contribution in [-0.4, -0.2) is 0 Å². The van der Waals surface area contributed by atoms with Crippen LogP contribution in [0.15, 0.2) is 319 Å². The van der Waals surface area contributed by atoms with Crippen LogP contribution < -0.4 is 9.64 Å². The summed E-state index contributed by atoms with van der Waals surface area (Å²) in [4.78, 5) is 5.16. The number of benzene rings is 13. The molecular weight excluding hydrogens is 1030 g/mol. The van der Waals surface area contributed by atoms with Gasteiger partial charge in [0.2, 0.25) is 0 Å². The van der Waals surface area contributed by atoms with Gasteiger partial charge in [0.05, 0.1) is 21.9 Å². The minimum Gasteiger partial charge on any atom is -0.457 e. The minimum absolute atomic E-state index is 0.511. The average molecular weight is 1090 g/mol. The summed E-state index contributed by atoms with van der Waals surface area (Å²) in [5, 5.41) is 0. The smallest absolute Gasteiger partial charge is 0.132 e. The molecule has 84 heavy (non-hydrogen) atoms. The zero-order valence-electron chi connectivity index (χ0n) is 45.7.